The summed E-state index contributed by atoms with van der Waals surface area (Å²) >= 11 is 0. The lowest BCUT2D eigenvalue weighted by Gasteiger charge is -2.36. The lowest BCUT2D eigenvalue weighted by Crippen LogP contribution is -2.59. The number of piperidine rings is 1. The summed E-state index contributed by atoms with van der Waals surface area (Å²) in [6.07, 6.45) is 9.44. The van der Waals surface area contributed by atoms with Crippen LogP contribution in [0.4, 0.5) is 4.79 Å². The maximum absolute atomic E-state index is 14.1. The number of alkyl carbamates (subject to hydrolysis) is 1. The number of fused-ring (bicyclic) bond motifs is 1. The summed E-state index contributed by atoms with van der Waals surface area (Å²) in [5.74, 6) is -2.66. The van der Waals surface area contributed by atoms with Crippen molar-refractivity contribution in [1.82, 2.24) is 20.9 Å². The number of ketones is 1. The number of ether oxygens (including phenoxy) is 1. The van der Waals surface area contributed by atoms with E-state index in [9.17, 15) is 24.0 Å². The first-order valence-corrected chi connectivity index (χ1v) is 14.5. The number of likely N-dealkylation sites (tertiary alicyclic amines) is 1. The Morgan fingerprint density at radius 1 is 1.12 bits per heavy atom. The second-order valence-corrected chi connectivity index (χ2v) is 12.8. The first kappa shape index (κ1) is 32.1. The van der Waals surface area contributed by atoms with Crippen LogP contribution in [0.25, 0.3) is 0 Å². The molecule has 6 atom stereocenters. The molecule has 3 N–H and O–H groups in total. The van der Waals surface area contributed by atoms with Crippen LogP contribution in [0, 0.1) is 23.2 Å². The Kier molecular flexibility index (Phi) is 10.2. The van der Waals surface area contributed by atoms with E-state index in [1.165, 1.54) is 6.08 Å². The molecule has 226 valence electrons. The van der Waals surface area contributed by atoms with Crippen LogP contribution in [0.5, 0.6) is 0 Å². The largest absolute Gasteiger partial charge is 0.444 e. The highest BCUT2D eigenvalue weighted by Crippen LogP contribution is 2.65. The van der Waals surface area contributed by atoms with Gasteiger partial charge in [-0.15, -0.1) is 13.2 Å². The van der Waals surface area contributed by atoms with Crippen molar-refractivity contribution in [3.63, 3.8) is 0 Å². The zero-order chi connectivity index (χ0) is 30.5. The summed E-state index contributed by atoms with van der Waals surface area (Å²) in [4.78, 5) is 67.7. The van der Waals surface area contributed by atoms with E-state index in [1.54, 1.807) is 31.7 Å². The molecule has 0 spiro atoms. The third-order valence-electron chi connectivity index (χ3n) is 8.34. The predicted molar refractivity (Wildman–Crippen MR) is 155 cm³/mol. The van der Waals surface area contributed by atoms with E-state index in [2.05, 4.69) is 43.0 Å². The molecule has 0 aromatic rings. The van der Waals surface area contributed by atoms with Gasteiger partial charge in [0, 0.05) is 19.0 Å². The minimum Gasteiger partial charge on any atom is -0.444 e. The van der Waals surface area contributed by atoms with Gasteiger partial charge in [-0.25, -0.2) is 4.79 Å². The molecule has 0 aromatic heterocycles. The molecule has 0 radical (unpaired) electrons. The Balaban J connectivity index is 1.86. The van der Waals surface area contributed by atoms with Crippen LogP contribution in [0.3, 0.4) is 0 Å². The third kappa shape index (κ3) is 7.65. The average molecular weight is 571 g/mol. The van der Waals surface area contributed by atoms with Gasteiger partial charge < -0.3 is 25.6 Å². The van der Waals surface area contributed by atoms with E-state index in [0.29, 0.717) is 19.4 Å². The van der Waals surface area contributed by atoms with E-state index in [1.807, 2.05) is 12.2 Å². The fraction of sp³-hybridized carbons (Fsp3) is 0.645. The summed E-state index contributed by atoms with van der Waals surface area (Å²) in [7, 11) is 0. The van der Waals surface area contributed by atoms with Gasteiger partial charge in [0.1, 0.15) is 17.7 Å². The Morgan fingerprint density at radius 2 is 1.83 bits per heavy atom. The summed E-state index contributed by atoms with van der Waals surface area (Å²) in [6, 6.07) is -2.81. The molecule has 10 nitrogen and oxygen atoms in total. The van der Waals surface area contributed by atoms with Crippen molar-refractivity contribution in [2.75, 3.05) is 13.1 Å². The van der Waals surface area contributed by atoms with Gasteiger partial charge >= 0.3 is 6.09 Å². The maximum atomic E-state index is 14.1. The van der Waals surface area contributed by atoms with Gasteiger partial charge in [0.05, 0.1) is 6.04 Å². The zero-order valence-electron chi connectivity index (χ0n) is 25.0. The number of nitrogens with one attached hydrogen (secondary N) is 3. The lowest BCUT2D eigenvalue weighted by molar-refractivity contribution is -0.144. The molecule has 1 aliphatic heterocycles. The summed E-state index contributed by atoms with van der Waals surface area (Å²) in [6.45, 7) is 17.1. The molecular weight excluding hydrogens is 524 g/mol. The average Bonchev–Trinajstić information content (AvgIpc) is 3.23. The summed E-state index contributed by atoms with van der Waals surface area (Å²) < 4.78 is 5.46. The Labute approximate surface area is 243 Å². The molecule has 10 heteroatoms. The van der Waals surface area contributed by atoms with E-state index in [0.717, 1.165) is 12.8 Å². The number of carbonyl (C=O) groups is 5. The highest BCUT2D eigenvalue weighted by Gasteiger charge is 2.69. The molecule has 2 aliphatic carbocycles. The highest BCUT2D eigenvalue weighted by molar-refractivity contribution is 6.38. The number of amides is 4. The Morgan fingerprint density at radius 3 is 2.41 bits per heavy atom. The van der Waals surface area contributed by atoms with E-state index >= 15 is 0 Å². The van der Waals surface area contributed by atoms with Gasteiger partial charge in [-0.05, 0) is 70.1 Å². The molecular formula is C31H46N4O6. The van der Waals surface area contributed by atoms with Crippen molar-refractivity contribution >= 4 is 29.6 Å². The second-order valence-electron chi connectivity index (χ2n) is 12.8. The van der Waals surface area contributed by atoms with Crippen LogP contribution >= 0.6 is 0 Å². The highest BCUT2D eigenvalue weighted by atomic mass is 16.6. The van der Waals surface area contributed by atoms with E-state index in [-0.39, 0.29) is 42.0 Å². The SMILES string of the molecule is C=CCC[C@H](NC(=O)[C@@H]1[C@@H]2[C@H](CN1C(=O)C(NC(=O)OC(C)(C)C)C1C=CCCC1)C2(C)C)C(=O)C(=O)NCC=C. The number of hydrogen-bond acceptors (Lipinski definition) is 6. The molecule has 3 rings (SSSR count). The molecule has 0 bridgehead atoms. The summed E-state index contributed by atoms with van der Waals surface area (Å²) in [5.41, 5.74) is -0.910. The minimum absolute atomic E-state index is 0.101. The van der Waals surface area contributed by atoms with Crippen LogP contribution in [-0.4, -0.2) is 71.3 Å². The lowest BCUT2D eigenvalue weighted by atomic mass is 9.88. The van der Waals surface area contributed by atoms with Crippen LogP contribution in [0.2, 0.25) is 0 Å². The summed E-state index contributed by atoms with van der Waals surface area (Å²) in [5, 5.41) is 8.04. The predicted octanol–water partition coefficient (Wildman–Crippen LogP) is 3.04. The number of hydrogen-bond donors (Lipinski definition) is 3. The van der Waals surface area contributed by atoms with Crippen LogP contribution in [0.15, 0.2) is 37.5 Å². The molecule has 2 unspecified atom stereocenters. The van der Waals surface area contributed by atoms with Crippen molar-refractivity contribution in [2.24, 2.45) is 23.2 Å². The van der Waals surface area contributed by atoms with Crippen molar-refractivity contribution in [3.8, 4) is 0 Å². The fourth-order valence-electron chi connectivity index (χ4n) is 6.12. The first-order chi connectivity index (χ1) is 19.2. The van der Waals surface area contributed by atoms with E-state index in [4.69, 9.17) is 4.74 Å². The molecule has 4 amide bonds. The topological polar surface area (TPSA) is 134 Å². The van der Waals surface area contributed by atoms with Gasteiger partial charge in [0.15, 0.2) is 0 Å². The monoisotopic (exact) mass is 570 g/mol. The van der Waals surface area contributed by atoms with Crippen molar-refractivity contribution in [2.45, 2.75) is 90.4 Å². The molecule has 1 saturated heterocycles. The van der Waals surface area contributed by atoms with Crippen molar-refractivity contribution in [3.05, 3.63) is 37.5 Å². The first-order valence-electron chi connectivity index (χ1n) is 14.5. The fourth-order valence-corrected chi connectivity index (χ4v) is 6.12. The van der Waals surface area contributed by atoms with Gasteiger partial charge in [0.25, 0.3) is 5.91 Å². The van der Waals surface area contributed by atoms with Crippen molar-refractivity contribution in [1.29, 1.82) is 0 Å². The molecule has 0 aromatic carbocycles. The Hall–Kier alpha value is -3.43. The third-order valence-corrected chi connectivity index (χ3v) is 8.34. The van der Waals surface area contributed by atoms with E-state index < -0.39 is 47.4 Å². The van der Waals surface area contributed by atoms with Gasteiger partial charge in [-0.2, -0.15) is 0 Å². The van der Waals surface area contributed by atoms with Gasteiger partial charge in [-0.3, -0.25) is 19.2 Å². The van der Waals surface area contributed by atoms with Crippen molar-refractivity contribution < 1.29 is 28.7 Å². The molecule has 41 heavy (non-hydrogen) atoms. The van der Waals surface area contributed by atoms with Crippen LogP contribution in [0.1, 0.15) is 66.7 Å². The molecule has 1 saturated carbocycles. The number of carbonyl (C=O) groups excluding carboxylic acids is 5. The second kappa shape index (κ2) is 13.0. The standard InChI is InChI=1S/C31H46N4O6/c1-8-10-16-21(25(36)27(38)32-17-9-2)33-26(37)24-22-20(31(22,6)7)18-35(24)28(39)23(19-14-12-11-13-15-19)34-29(40)41-30(3,4)5/h8-9,12,14,19-24H,1-2,10-11,13,15-18H2,3-7H3,(H,32,38)(H,33,37)(H,34,40)/t19?,20-,21-,22-,23?,24-/m0/s1. The van der Waals surface area contributed by atoms with Gasteiger partial charge in [0.2, 0.25) is 17.6 Å². The number of allylic oxidation sites excluding steroid dienone is 2. The quantitative estimate of drug-likeness (QED) is 0.244. The smallest absolute Gasteiger partial charge is 0.408 e. The zero-order valence-corrected chi connectivity index (χ0v) is 25.0. The number of rotatable bonds is 12. The molecule has 3 aliphatic rings. The van der Waals surface area contributed by atoms with Crippen LogP contribution < -0.4 is 16.0 Å². The van der Waals surface area contributed by atoms with Gasteiger partial charge in [-0.1, -0.05) is 38.2 Å². The minimum atomic E-state index is -1.07. The Bertz CT molecular complexity index is 1090. The molecule has 1 heterocycles. The maximum Gasteiger partial charge on any atom is 0.408 e. The normalized spacial score (nSPS) is 25.6. The van der Waals surface area contributed by atoms with Crippen LogP contribution in [-0.2, 0) is 23.9 Å². The number of nitrogens with zero attached hydrogens (tertiary/aromatic N) is 1. The molecule has 2 fully saturated rings. The number of Topliss-reactive ketones (excluding diaryl/α,β-unsaturated/α-hetero) is 1.